The summed E-state index contributed by atoms with van der Waals surface area (Å²) >= 11 is 0. The van der Waals surface area contributed by atoms with Gasteiger partial charge in [-0.05, 0) is 32.2 Å². The summed E-state index contributed by atoms with van der Waals surface area (Å²) in [5.41, 5.74) is 1.21. The number of aliphatic hydroxyl groups excluding tert-OH is 1. The van der Waals surface area contributed by atoms with Gasteiger partial charge >= 0.3 is 0 Å². The van der Waals surface area contributed by atoms with E-state index in [1.165, 1.54) is 5.57 Å². The summed E-state index contributed by atoms with van der Waals surface area (Å²) in [6.07, 6.45) is 1.86. The lowest BCUT2D eigenvalue weighted by atomic mass is 10.0. The Hall–Kier alpha value is -0.340. The maximum absolute atomic E-state index is 8.84. The molecule has 1 unspecified atom stereocenters. The normalized spacial score (nSPS) is 13.3. The van der Waals surface area contributed by atoms with Crippen molar-refractivity contribution in [1.29, 1.82) is 0 Å². The average molecular weight is 185 g/mol. The van der Waals surface area contributed by atoms with Crippen LogP contribution in [-0.2, 0) is 0 Å². The summed E-state index contributed by atoms with van der Waals surface area (Å²) in [6.45, 7) is 11.5. The third-order valence-corrected chi connectivity index (χ3v) is 2.20. The fraction of sp³-hybridized carbons (Fsp3) is 0.818. The maximum Gasteiger partial charge on any atom is 0.0445 e. The number of rotatable bonds is 7. The molecular weight excluding hydrogens is 162 g/mol. The smallest absolute Gasteiger partial charge is 0.0445 e. The van der Waals surface area contributed by atoms with Gasteiger partial charge in [0, 0.05) is 12.6 Å². The second-order valence-electron chi connectivity index (χ2n) is 4.02. The van der Waals surface area contributed by atoms with Crippen LogP contribution in [0, 0.1) is 5.92 Å². The largest absolute Gasteiger partial charge is 0.396 e. The van der Waals surface area contributed by atoms with E-state index in [0.717, 1.165) is 19.4 Å². The topological polar surface area (TPSA) is 32.3 Å². The van der Waals surface area contributed by atoms with E-state index in [2.05, 4.69) is 25.7 Å². The molecule has 0 aromatic heterocycles. The van der Waals surface area contributed by atoms with E-state index >= 15 is 0 Å². The molecule has 0 aromatic rings. The highest BCUT2D eigenvalue weighted by Gasteiger charge is 2.10. The summed E-state index contributed by atoms with van der Waals surface area (Å²) in [6, 6.07) is 0.435. The molecule has 0 aliphatic carbocycles. The van der Waals surface area contributed by atoms with Gasteiger partial charge in [-0.25, -0.2) is 0 Å². The van der Waals surface area contributed by atoms with E-state index < -0.39 is 0 Å². The van der Waals surface area contributed by atoms with Gasteiger partial charge in [-0.15, -0.1) is 6.58 Å². The minimum atomic E-state index is 0.267. The summed E-state index contributed by atoms with van der Waals surface area (Å²) in [4.78, 5) is 0. The first-order chi connectivity index (χ1) is 6.07. The monoisotopic (exact) mass is 185 g/mol. The second kappa shape index (κ2) is 7.10. The number of aliphatic hydroxyl groups is 1. The molecule has 0 fully saturated rings. The van der Waals surface area contributed by atoms with Crippen LogP contribution in [0.1, 0.15) is 33.6 Å². The average Bonchev–Trinajstić information content (AvgIpc) is 2.02. The zero-order valence-electron chi connectivity index (χ0n) is 9.14. The van der Waals surface area contributed by atoms with Crippen molar-refractivity contribution in [3.8, 4) is 0 Å². The molecular formula is C11H23NO. The van der Waals surface area contributed by atoms with Crippen LogP contribution in [0.3, 0.4) is 0 Å². The van der Waals surface area contributed by atoms with Crippen LogP contribution in [0.25, 0.3) is 0 Å². The fourth-order valence-corrected chi connectivity index (χ4v) is 1.28. The van der Waals surface area contributed by atoms with E-state index in [1.807, 2.05) is 6.92 Å². The Kier molecular flexibility index (Phi) is 6.92. The Morgan fingerprint density at radius 3 is 2.46 bits per heavy atom. The molecule has 0 bridgehead atoms. The quantitative estimate of drug-likeness (QED) is 0.594. The molecule has 1 atom stereocenters. The molecule has 2 heteroatoms. The van der Waals surface area contributed by atoms with Crippen molar-refractivity contribution in [2.45, 2.75) is 39.7 Å². The van der Waals surface area contributed by atoms with Crippen molar-refractivity contribution in [1.82, 2.24) is 5.32 Å². The Balaban J connectivity index is 3.62. The molecule has 78 valence electrons. The highest BCUT2D eigenvalue weighted by Crippen LogP contribution is 2.05. The van der Waals surface area contributed by atoms with Gasteiger partial charge in [-0.1, -0.05) is 19.4 Å². The van der Waals surface area contributed by atoms with Crippen molar-refractivity contribution in [3.63, 3.8) is 0 Å². The lowest BCUT2D eigenvalue weighted by Crippen LogP contribution is -2.35. The molecule has 0 radical (unpaired) electrons. The van der Waals surface area contributed by atoms with Crippen LogP contribution in [0.15, 0.2) is 12.2 Å². The Morgan fingerprint density at radius 1 is 1.46 bits per heavy atom. The van der Waals surface area contributed by atoms with Crippen molar-refractivity contribution >= 4 is 0 Å². The first-order valence-corrected chi connectivity index (χ1v) is 5.06. The van der Waals surface area contributed by atoms with Crippen molar-refractivity contribution < 1.29 is 5.11 Å². The highest BCUT2D eigenvalue weighted by atomic mass is 16.3. The van der Waals surface area contributed by atoms with Crippen molar-refractivity contribution in [3.05, 3.63) is 12.2 Å². The van der Waals surface area contributed by atoms with Crippen LogP contribution >= 0.6 is 0 Å². The summed E-state index contributed by atoms with van der Waals surface area (Å²) in [5.74, 6) is 0.581. The minimum Gasteiger partial charge on any atom is -0.396 e. The zero-order chi connectivity index (χ0) is 10.3. The fourth-order valence-electron chi connectivity index (χ4n) is 1.28. The van der Waals surface area contributed by atoms with Gasteiger partial charge in [-0.2, -0.15) is 0 Å². The van der Waals surface area contributed by atoms with E-state index in [1.54, 1.807) is 0 Å². The van der Waals surface area contributed by atoms with E-state index in [0.29, 0.717) is 12.0 Å². The number of hydrogen-bond donors (Lipinski definition) is 2. The third kappa shape index (κ3) is 6.79. The van der Waals surface area contributed by atoms with Gasteiger partial charge < -0.3 is 10.4 Å². The van der Waals surface area contributed by atoms with Gasteiger partial charge in [0.2, 0.25) is 0 Å². The van der Waals surface area contributed by atoms with E-state index in [9.17, 15) is 0 Å². The SMILES string of the molecule is C=C(C)CCNC(CCO)C(C)C. The third-order valence-electron chi connectivity index (χ3n) is 2.20. The van der Waals surface area contributed by atoms with Gasteiger partial charge in [0.15, 0.2) is 0 Å². The van der Waals surface area contributed by atoms with E-state index in [-0.39, 0.29) is 6.61 Å². The predicted octanol–water partition coefficient (Wildman–Crippen LogP) is 1.95. The zero-order valence-corrected chi connectivity index (χ0v) is 9.14. The van der Waals surface area contributed by atoms with Gasteiger partial charge in [0.25, 0.3) is 0 Å². The Labute approximate surface area is 82.0 Å². The van der Waals surface area contributed by atoms with Gasteiger partial charge in [0.1, 0.15) is 0 Å². The minimum absolute atomic E-state index is 0.267. The summed E-state index contributed by atoms with van der Waals surface area (Å²) < 4.78 is 0. The summed E-state index contributed by atoms with van der Waals surface area (Å²) in [7, 11) is 0. The molecule has 0 heterocycles. The summed E-state index contributed by atoms with van der Waals surface area (Å²) in [5, 5.41) is 12.3. The Morgan fingerprint density at radius 2 is 2.08 bits per heavy atom. The molecule has 0 aliphatic heterocycles. The van der Waals surface area contributed by atoms with Gasteiger partial charge in [0.05, 0.1) is 0 Å². The van der Waals surface area contributed by atoms with E-state index in [4.69, 9.17) is 5.11 Å². The molecule has 0 aromatic carbocycles. The second-order valence-corrected chi connectivity index (χ2v) is 4.02. The predicted molar refractivity (Wildman–Crippen MR) is 57.8 cm³/mol. The Bertz CT molecular complexity index is 143. The van der Waals surface area contributed by atoms with Crippen LogP contribution < -0.4 is 5.32 Å². The molecule has 2 N–H and O–H groups in total. The first kappa shape index (κ1) is 12.7. The standard InChI is InChI=1S/C11H23NO/c1-9(2)5-7-12-11(6-8-13)10(3)4/h10-13H,1,5-8H2,2-4H3. The molecule has 13 heavy (non-hydrogen) atoms. The maximum atomic E-state index is 8.84. The first-order valence-electron chi connectivity index (χ1n) is 5.06. The number of hydrogen-bond acceptors (Lipinski definition) is 2. The lowest BCUT2D eigenvalue weighted by molar-refractivity contribution is 0.245. The van der Waals surface area contributed by atoms with Crippen LogP contribution in [0.4, 0.5) is 0 Å². The molecule has 0 rings (SSSR count). The molecule has 0 aliphatic rings. The lowest BCUT2D eigenvalue weighted by Gasteiger charge is -2.21. The molecule has 0 spiro atoms. The van der Waals surface area contributed by atoms with Gasteiger partial charge in [-0.3, -0.25) is 0 Å². The highest BCUT2D eigenvalue weighted by molar-refractivity contribution is 4.88. The van der Waals surface area contributed by atoms with Crippen LogP contribution in [0.2, 0.25) is 0 Å². The van der Waals surface area contributed by atoms with Crippen molar-refractivity contribution in [2.24, 2.45) is 5.92 Å². The molecule has 0 amide bonds. The molecule has 2 nitrogen and oxygen atoms in total. The molecule has 0 saturated heterocycles. The number of nitrogens with one attached hydrogen (secondary N) is 1. The van der Waals surface area contributed by atoms with Crippen LogP contribution in [-0.4, -0.2) is 24.3 Å². The van der Waals surface area contributed by atoms with Crippen molar-refractivity contribution in [2.75, 3.05) is 13.2 Å². The molecule has 0 saturated carbocycles. The van der Waals surface area contributed by atoms with Crippen LogP contribution in [0.5, 0.6) is 0 Å².